The van der Waals surface area contributed by atoms with Crippen molar-refractivity contribution in [2.75, 3.05) is 13.1 Å². The van der Waals surface area contributed by atoms with E-state index in [2.05, 4.69) is 18.3 Å². The Morgan fingerprint density at radius 2 is 1.92 bits per heavy atom. The van der Waals surface area contributed by atoms with Crippen LogP contribution in [0.25, 0.3) is 0 Å². The summed E-state index contributed by atoms with van der Waals surface area (Å²) in [6.07, 6.45) is 7.60. The first-order chi connectivity index (χ1) is 12.2. The molecular formula is C21H30N2O2. The van der Waals surface area contributed by atoms with Gasteiger partial charge in [0.25, 0.3) is 0 Å². The molecule has 0 aromatic heterocycles. The molecule has 1 aromatic carbocycles. The predicted octanol–water partition coefficient (Wildman–Crippen LogP) is 3.23. The minimum Gasteiger partial charge on any atom is -0.356 e. The second-order valence-corrected chi connectivity index (χ2v) is 7.50. The molecule has 0 spiro atoms. The van der Waals surface area contributed by atoms with E-state index in [1.54, 1.807) is 0 Å². The Kier molecular flexibility index (Phi) is 6.11. The zero-order valence-electron chi connectivity index (χ0n) is 15.3. The number of amides is 2. The van der Waals surface area contributed by atoms with E-state index in [-0.39, 0.29) is 23.8 Å². The Bertz CT molecular complexity index is 614. The van der Waals surface area contributed by atoms with Crippen LogP contribution in [0.5, 0.6) is 0 Å². The van der Waals surface area contributed by atoms with Crippen LogP contribution in [0.4, 0.5) is 0 Å². The fourth-order valence-electron chi connectivity index (χ4n) is 4.27. The van der Waals surface area contributed by atoms with Crippen LogP contribution in [0, 0.1) is 12.8 Å². The fourth-order valence-corrected chi connectivity index (χ4v) is 4.27. The first kappa shape index (κ1) is 18.0. The summed E-state index contributed by atoms with van der Waals surface area (Å²) in [7, 11) is 0. The third-order valence-corrected chi connectivity index (χ3v) is 5.76. The molecule has 0 bridgehead atoms. The highest BCUT2D eigenvalue weighted by Crippen LogP contribution is 2.30. The maximum atomic E-state index is 13.1. The normalized spacial score (nSPS) is 25.0. The SMILES string of the molecule is Cc1ccccc1CC(=O)N1CCCCCNC(=O)C2CCCCC21. The van der Waals surface area contributed by atoms with Crippen molar-refractivity contribution in [2.45, 2.75) is 64.3 Å². The van der Waals surface area contributed by atoms with E-state index >= 15 is 0 Å². The summed E-state index contributed by atoms with van der Waals surface area (Å²) in [5.41, 5.74) is 2.26. The van der Waals surface area contributed by atoms with Crippen LogP contribution in [0.2, 0.25) is 0 Å². The van der Waals surface area contributed by atoms with Crippen LogP contribution in [-0.2, 0) is 16.0 Å². The number of carbonyl (C=O) groups excluding carboxylic acids is 2. The Labute approximate surface area is 151 Å². The average Bonchev–Trinajstić information content (AvgIpc) is 2.63. The number of benzene rings is 1. The van der Waals surface area contributed by atoms with Gasteiger partial charge in [-0.25, -0.2) is 0 Å². The molecule has 136 valence electrons. The van der Waals surface area contributed by atoms with Crippen molar-refractivity contribution in [3.8, 4) is 0 Å². The van der Waals surface area contributed by atoms with Crippen LogP contribution >= 0.6 is 0 Å². The molecule has 1 aliphatic carbocycles. The Balaban J connectivity index is 1.80. The van der Waals surface area contributed by atoms with E-state index in [1.165, 1.54) is 0 Å². The molecule has 1 saturated carbocycles. The van der Waals surface area contributed by atoms with E-state index in [0.29, 0.717) is 6.42 Å². The van der Waals surface area contributed by atoms with Gasteiger partial charge in [-0.2, -0.15) is 0 Å². The van der Waals surface area contributed by atoms with Crippen molar-refractivity contribution < 1.29 is 9.59 Å². The summed E-state index contributed by atoms with van der Waals surface area (Å²) < 4.78 is 0. The van der Waals surface area contributed by atoms with Crippen LogP contribution < -0.4 is 5.32 Å². The van der Waals surface area contributed by atoms with E-state index in [9.17, 15) is 9.59 Å². The average molecular weight is 342 g/mol. The molecule has 2 amide bonds. The Morgan fingerprint density at radius 3 is 2.76 bits per heavy atom. The number of nitrogens with zero attached hydrogens (tertiary/aromatic N) is 1. The third kappa shape index (κ3) is 4.42. The monoisotopic (exact) mass is 342 g/mol. The van der Waals surface area contributed by atoms with Gasteiger partial charge in [-0.3, -0.25) is 9.59 Å². The predicted molar refractivity (Wildman–Crippen MR) is 99.2 cm³/mol. The third-order valence-electron chi connectivity index (χ3n) is 5.76. The van der Waals surface area contributed by atoms with Gasteiger partial charge in [-0.15, -0.1) is 0 Å². The zero-order chi connectivity index (χ0) is 17.6. The van der Waals surface area contributed by atoms with Crippen LogP contribution in [0.3, 0.4) is 0 Å². The van der Waals surface area contributed by atoms with Gasteiger partial charge >= 0.3 is 0 Å². The first-order valence-electron chi connectivity index (χ1n) is 9.78. The highest BCUT2D eigenvalue weighted by atomic mass is 16.2. The fraction of sp³-hybridized carbons (Fsp3) is 0.619. The molecule has 25 heavy (non-hydrogen) atoms. The number of hydrogen-bond acceptors (Lipinski definition) is 2. The van der Waals surface area contributed by atoms with Crippen molar-refractivity contribution in [3.05, 3.63) is 35.4 Å². The molecule has 1 aromatic rings. The molecule has 2 atom stereocenters. The molecule has 1 N–H and O–H groups in total. The van der Waals surface area contributed by atoms with Gasteiger partial charge in [0.1, 0.15) is 0 Å². The maximum Gasteiger partial charge on any atom is 0.227 e. The van der Waals surface area contributed by atoms with Gasteiger partial charge in [0.05, 0.1) is 12.3 Å². The standard InChI is InChI=1S/C21H30N2O2/c1-16-9-3-4-10-17(16)15-20(24)23-14-8-2-7-13-22-21(25)18-11-5-6-12-19(18)23/h3-4,9-10,18-19H,2,5-8,11-15H2,1H3,(H,22,25). The lowest BCUT2D eigenvalue weighted by molar-refractivity contribution is -0.138. The lowest BCUT2D eigenvalue weighted by Gasteiger charge is -2.40. The van der Waals surface area contributed by atoms with Crippen molar-refractivity contribution in [2.24, 2.45) is 5.92 Å². The van der Waals surface area contributed by atoms with Crippen LogP contribution in [-0.4, -0.2) is 35.8 Å². The summed E-state index contributed by atoms with van der Waals surface area (Å²) in [4.78, 5) is 27.8. The number of aryl methyl sites for hydroxylation is 1. The quantitative estimate of drug-likeness (QED) is 0.897. The van der Waals surface area contributed by atoms with E-state index < -0.39 is 0 Å². The molecule has 1 saturated heterocycles. The largest absolute Gasteiger partial charge is 0.356 e. The summed E-state index contributed by atoms with van der Waals surface area (Å²) in [5.74, 6) is 0.299. The highest BCUT2D eigenvalue weighted by molar-refractivity contribution is 5.83. The molecule has 2 aliphatic rings. The smallest absolute Gasteiger partial charge is 0.227 e. The molecule has 1 heterocycles. The van der Waals surface area contributed by atoms with E-state index in [1.807, 2.05) is 23.1 Å². The summed E-state index contributed by atoms with van der Waals surface area (Å²) in [6, 6.07) is 8.18. The second kappa shape index (κ2) is 8.50. The lowest BCUT2D eigenvalue weighted by atomic mass is 9.82. The van der Waals surface area contributed by atoms with Crippen molar-refractivity contribution in [3.63, 3.8) is 0 Å². The number of fused-ring (bicyclic) bond motifs is 1. The maximum absolute atomic E-state index is 13.1. The molecule has 2 fully saturated rings. The number of hydrogen-bond donors (Lipinski definition) is 1. The molecule has 2 unspecified atom stereocenters. The molecule has 3 rings (SSSR count). The van der Waals surface area contributed by atoms with E-state index in [0.717, 1.165) is 69.2 Å². The van der Waals surface area contributed by atoms with Gasteiger partial charge < -0.3 is 10.2 Å². The summed E-state index contributed by atoms with van der Waals surface area (Å²) >= 11 is 0. The number of nitrogens with one attached hydrogen (secondary N) is 1. The number of carbonyl (C=O) groups is 2. The Morgan fingerprint density at radius 1 is 1.12 bits per heavy atom. The summed E-state index contributed by atoms with van der Waals surface area (Å²) in [6.45, 7) is 3.63. The van der Waals surface area contributed by atoms with Crippen LogP contribution in [0.15, 0.2) is 24.3 Å². The molecule has 1 aliphatic heterocycles. The topological polar surface area (TPSA) is 49.4 Å². The van der Waals surface area contributed by atoms with Crippen molar-refractivity contribution >= 4 is 11.8 Å². The first-order valence-corrected chi connectivity index (χ1v) is 9.78. The van der Waals surface area contributed by atoms with Gasteiger partial charge in [-0.05, 0) is 50.2 Å². The van der Waals surface area contributed by atoms with Gasteiger partial charge in [0.2, 0.25) is 11.8 Å². The zero-order valence-corrected chi connectivity index (χ0v) is 15.3. The molecule has 0 radical (unpaired) electrons. The Hall–Kier alpha value is -1.84. The molecule has 4 heteroatoms. The van der Waals surface area contributed by atoms with Gasteiger partial charge in [-0.1, -0.05) is 37.1 Å². The minimum absolute atomic E-state index is 0.0346. The number of rotatable bonds is 2. The van der Waals surface area contributed by atoms with Gasteiger partial charge in [0, 0.05) is 19.1 Å². The molecular weight excluding hydrogens is 312 g/mol. The second-order valence-electron chi connectivity index (χ2n) is 7.50. The van der Waals surface area contributed by atoms with Crippen molar-refractivity contribution in [1.29, 1.82) is 0 Å². The lowest BCUT2D eigenvalue weighted by Crippen LogP contribution is -2.52. The molecule has 4 nitrogen and oxygen atoms in total. The van der Waals surface area contributed by atoms with Gasteiger partial charge in [0.15, 0.2) is 0 Å². The van der Waals surface area contributed by atoms with Crippen LogP contribution in [0.1, 0.15) is 56.1 Å². The minimum atomic E-state index is -0.0346. The van der Waals surface area contributed by atoms with Crippen molar-refractivity contribution in [1.82, 2.24) is 10.2 Å². The highest BCUT2D eigenvalue weighted by Gasteiger charge is 2.37. The summed E-state index contributed by atoms with van der Waals surface area (Å²) in [5, 5.41) is 3.09. The van der Waals surface area contributed by atoms with E-state index in [4.69, 9.17) is 0 Å².